The second-order valence-corrected chi connectivity index (χ2v) is 4.72. The monoisotopic (exact) mass is 255 g/mol. The van der Waals surface area contributed by atoms with Gasteiger partial charge in [0, 0.05) is 17.9 Å². The molecule has 0 aliphatic rings. The fourth-order valence-corrected chi connectivity index (χ4v) is 2.15. The lowest BCUT2D eigenvalue weighted by Crippen LogP contribution is -2.22. The molecule has 2 N–H and O–H groups in total. The van der Waals surface area contributed by atoms with Crippen LogP contribution in [0.2, 0.25) is 0 Å². The van der Waals surface area contributed by atoms with E-state index in [-0.39, 0.29) is 0 Å². The fourth-order valence-electron chi connectivity index (χ4n) is 2.15. The minimum Gasteiger partial charge on any atom is -0.330 e. The molecule has 0 amide bonds. The molecule has 0 bridgehead atoms. The highest BCUT2D eigenvalue weighted by Crippen LogP contribution is 2.26. The Kier molecular flexibility index (Phi) is 4.53. The summed E-state index contributed by atoms with van der Waals surface area (Å²) in [5.74, 6) is 0.989. The van der Waals surface area contributed by atoms with Crippen LogP contribution in [0.4, 0.5) is 11.5 Å². The smallest absolute Gasteiger partial charge is 0.133 e. The second kappa shape index (κ2) is 6.34. The summed E-state index contributed by atoms with van der Waals surface area (Å²) in [6.45, 7) is 5.72. The van der Waals surface area contributed by atoms with E-state index in [9.17, 15) is 0 Å². The van der Waals surface area contributed by atoms with Gasteiger partial charge in [0.05, 0.1) is 0 Å². The molecule has 0 radical (unpaired) electrons. The van der Waals surface area contributed by atoms with E-state index >= 15 is 0 Å². The summed E-state index contributed by atoms with van der Waals surface area (Å²) in [4.78, 5) is 6.87. The van der Waals surface area contributed by atoms with E-state index in [4.69, 9.17) is 5.73 Å². The highest BCUT2D eigenvalue weighted by atomic mass is 15.2. The van der Waals surface area contributed by atoms with Crippen molar-refractivity contribution >= 4 is 11.5 Å². The van der Waals surface area contributed by atoms with Crippen molar-refractivity contribution in [1.82, 2.24) is 4.98 Å². The zero-order valence-electron chi connectivity index (χ0n) is 11.6. The number of rotatable bonds is 5. The minimum atomic E-state index is 0.689. The van der Waals surface area contributed by atoms with Crippen LogP contribution in [0.15, 0.2) is 42.5 Å². The lowest BCUT2D eigenvalue weighted by Gasteiger charge is -2.25. The molecule has 100 valence electrons. The lowest BCUT2D eigenvalue weighted by molar-refractivity contribution is 0.807. The molecule has 0 unspecified atom stereocenters. The van der Waals surface area contributed by atoms with E-state index in [0.29, 0.717) is 6.54 Å². The molecule has 0 saturated carbocycles. The standard InChI is InChI=1S/C16H21N3/c1-13-7-3-4-9-15(13)19(12-6-11-17)16-10-5-8-14(2)18-16/h3-5,7-10H,6,11-12,17H2,1-2H3. The first kappa shape index (κ1) is 13.6. The first-order valence-corrected chi connectivity index (χ1v) is 6.69. The largest absolute Gasteiger partial charge is 0.330 e. The number of pyridine rings is 1. The van der Waals surface area contributed by atoms with Crippen molar-refractivity contribution in [3.63, 3.8) is 0 Å². The number of benzene rings is 1. The number of anilines is 2. The number of nitrogens with zero attached hydrogens (tertiary/aromatic N) is 2. The van der Waals surface area contributed by atoms with Crippen molar-refractivity contribution in [3.8, 4) is 0 Å². The maximum absolute atomic E-state index is 5.65. The molecule has 0 aliphatic carbocycles. The average molecular weight is 255 g/mol. The van der Waals surface area contributed by atoms with Crippen molar-refractivity contribution in [3.05, 3.63) is 53.7 Å². The number of nitrogens with two attached hydrogens (primary N) is 1. The van der Waals surface area contributed by atoms with E-state index in [1.165, 1.54) is 11.3 Å². The molecule has 0 spiro atoms. The third-order valence-corrected chi connectivity index (χ3v) is 3.14. The van der Waals surface area contributed by atoms with Gasteiger partial charge in [0.25, 0.3) is 0 Å². The third kappa shape index (κ3) is 3.32. The average Bonchev–Trinajstić information content (AvgIpc) is 2.41. The van der Waals surface area contributed by atoms with Crippen LogP contribution in [0.3, 0.4) is 0 Å². The first-order chi connectivity index (χ1) is 9.22. The molecular formula is C16H21N3. The Morgan fingerprint density at radius 2 is 1.84 bits per heavy atom. The lowest BCUT2D eigenvalue weighted by atomic mass is 10.1. The molecule has 1 aromatic heterocycles. The molecular weight excluding hydrogens is 234 g/mol. The van der Waals surface area contributed by atoms with Crippen LogP contribution in [-0.2, 0) is 0 Å². The molecule has 0 saturated heterocycles. The minimum absolute atomic E-state index is 0.689. The second-order valence-electron chi connectivity index (χ2n) is 4.72. The summed E-state index contributed by atoms with van der Waals surface area (Å²) >= 11 is 0. The Morgan fingerprint density at radius 3 is 2.53 bits per heavy atom. The quantitative estimate of drug-likeness (QED) is 0.892. The topological polar surface area (TPSA) is 42.1 Å². The van der Waals surface area contributed by atoms with Gasteiger partial charge in [-0.25, -0.2) is 4.98 Å². The molecule has 0 fully saturated rings. The maximum atomic E-state index is 5.65. The van der Waals surface area contributed by atoms with Crippen molar-refractivity contribution in [2.75, 3.05) is 18.0 Å². The Hall–Kier alpha value is -1.87. The number of aryl methyl sites for hydroxylation is 2. The summed E-state index contributed by atoms with van der Waals surface area (Å²) in [5.41, 5.74) is 9.14. The van der Waals surface area contributed by atoms with E-state index in [1.807, 2.05) is 19.1 Å². The molecule has 3 heteroatoms. The van der Waals surface area contributed by atoms with Crippen LogP contribution in [0, 0.1) is 13.8 Å². The Labute approximate surface area is 115 Å². The van der Waals surface area contributed by atoms with Crippen LogP contribution in [-0.4, -0.2) is 18.1 Å². The molecule has 0 aliphatic heterocycles. The number of para-hydroxylation sites is 1. The van der Waals surface area contributed by atoms with E-state index in [2.05, 4.69) is 47.1 Å². The molecule has 19 heavy (non-hydrogen) atoms. The predicted molar refractivity (Wildman–Crippen MR) is 80.8 cm³/mol. The van der Waals surface area contributed by atoms with Crippen LogP contribution in [0.1, 0.15) is 17.7 Å². The van der Waals surface area contributed by atoms with Gasteiger partial charge >= 0.3 is 0 Å². The Balaban J connectivity index is 2.38. The van der Waals surface area contributed by atoms with Crippen LogP contribution in [0.25, 0.3) is 0 Å². The zero-order valence-corrected chi connectivity index (χ0v) is 11.6. The van der Waals surface area contributed by atoms with Crippen molar-refractivity contribution < 1.29 is 0 Å². The van der Waals surface area contributed by atoms with Gasteiger partial charge in [0.1, 0.15) is 5.82 Å². The Morgan fingerprint density at radius 1 is 1.05 bits per heavy atom. The van der Waals surface area contributed by atoms with Crippen molar-refractivity contribution in [1.29, 1.82) is 0 Å². The third-order valence-electron chi connectivity index (χ3n) is 3.14. The van der Waals surface area contributed by atoms with Gasteiger partial charge in [-0.3, -0.25) is 0 Å². The van der Waals surface area contributed by atoms with Gasteiger partial charge in [-0.2, -0.15) is 0 Å². The highest BCUT2D eigenvalue weighted by Gasteiger charge is 2.12. The van der Waals surface area contributed by atoms with Crippen LogP contribution < -0.4 is 10.6 Å². The summed E-state index contributed by atoms with van der Waals surface area (Å²) in [6, 6.07) is 14.5. The van der Waals surface area contributed by atoms with E-state index in [0.717, 1.165) is 24.5 Å². The molecule has 0 atom stereocenters. The Bertz CT molecular complexity index is 537. The van der Waals surface area contributed by atoms with Gasteiger partial charge in [0.15, 0.2) is 0 Å². The van der Waals surface area contributed by atoms with E-state index in [1.54, 1.807) is 0 Å². The van der Waals surface area contributed by atoms with E-state index < -0.39 is 0 Å². The number of aromatic nitrogens is 1. The maximum Gasteiger partial charge on any atom is 0.133 e. The molecule has 2 rings (SSSR count). The summed E-state index contributed by atoms with van der Waals surface area (Å²) < 4.78 is 0. The highest BCUT2D eigenvalue weighted by molar-refractivity contribution is 5.63. The normalized spacial score (nSPS) is 10.5. The summed E-state index contributed by atoms with van der Waals surface area (Å²) in [5, 5.41) is 0. The fraction of sp³-hybridized carbons (Fsp3) is 0.312. The van der Waals surface area contributed by atoms with Gasteiger partial charge in [0.2, 0.25) is 0 Å². The molecule has 1 heterocycles. The van der Waals surface area contributed by atoms with Gasteiger partial charge < -0.3 is 10.6 Å². The summed E-state index contributed by atoms with van der Waals surface area (Å²) in [6.07, 6.45) is 0.948. The van der Waals surface area contributed by atoms with Crippen LogP contribution >= 0.6 is 0 Å². The first-order valence-electron chi connectivity index (χ1n) is 6.69. The van der Waals surface area contributed by atoms with Crippen molar-refractivity contribution in [2.45, 2.75) is 20.3 Å². The van der Waals surface area contributed by atoms with Gasteiger partial charge in [-0.1, -0.05) is 24.3 Å². The summed E-state index contributed by atoms with van der Waals surface area (Å²) in [7, 11) is 0. The number of hydrogen-bond donors (Lipinski definition) is 1. The molecule has 1 aromatic carbocycles. The number of hydrogen-bond acceptors (Lipinski definition) is 3. The predicted octanol–water partition coefficient (Wildman–Crippen LogP) is 3.19. The van der Waals surface area contributed by atoms with Gasteiger partial charge in [-0.15, -0.1) is 0 Å². The SMILES string of the molecule is Cc1cccc(N(CCCN)c2ccccc2C)n1. The van der Waals surface area contributed by atoms with Crippen molar-refractivity contribution in [2.24, 2.45) is 5.73 Å². The molecule has 2 aromatic rings. The van der Waals surface area contributed by atoms with Crippen LogP contribution in [0.5, 0.6) is 0 Å². The zero-order chi connectivity index (χ0) is 13.7. The molecule has 3 nitrogen and oxygen atoms in total. The van der Waals surface area contributed by atoms with Gasteiger partial charge in [-0.05, 0) is 50.6 Å².